The number of aromatic nitrogens is 2. The molecule has 0 radical (unpaired) electrons. The van der Waals surface area contributed by atoms with E-state index < -0.39 is 6.04 Å². The summed E-state index contributed by atoms with van der Waals surface area (Å²) in [5.74, 6) is 1.92. The van der Waals surface area contributed by atoms with Crippen molar-refractivity contribution >= 4 is 101 Å². The quantitative estimate of drug-likeness (QED) is 0.196. The summed E-state index contributed by atoms with van der Waals surface area (Å²) in [5, 5.41) is 9.53. The van der Waals surface area contributed by atoms with Gasteiger partial charge in [0.05, 0.1) is 9.40 Å². The molecular formula is C34H35ClN8O2S3. The molecule has 14 heteroatoms. The first-order chi connectivity index (χ1) is 23.4. The first kappa shape index (κ1) is 32.5. The molecule has 2 fully saturated rings. The van der Waals surface area contributed by atoms with Crippen molar-refractivity contribution in [2.24, 2.45) is 0 Å². The molecule has 3 aromatic carbocycles. The number of thiocarbonyl (C=S) groups is 1. The van der Waals surface area contributed by atoms with E-state index in [0.717, 1.165) is 37.5 Å². The lowest BCUT2D eigenvalue weighted by molar-refractivity contribution is -0.134. The van der Waals surface area contributed by atoms with E-state index in [1.54, 1.807) is 12.1 Å². The third-order valence-corrected chi connectivity index (χ3v) is 11.0. The largest absolute Gasteiger partial charge is 0.352 e. The Hall–Kier alpha value is -4.04. The highest BCUT2D eigenvalue weighted by Crippen LogP contribution is 2.31. The van der Waals surface area contributed by atoms with Gasteiger partial charge in [0.15, 0.2) is 5.11 Å². The average molecular weight is 719 g/mol. The summed E-state index contributed by atoms with van der Waals surface area (Å²) in [5.41, 5.74) is 0.720. The van der Waals surface area contributed by atoms with Crippen LogP contribution in [0.3, 0.4) is 0 Å². The van der Waals surface area contributed by atoms with Gasteiger partial charge < -0.3 is 30.2 Å². The Morgan fingerprint density at radius 1 is 0.771 bits per heavy atom. The van der Waals surface area contributed by atoms with Crippen molar-refractivity contribution in [2.45, 2.75) is 18.9 Å². The minimum absolute atomic E-state index is 0.0336. The van der Waals surface area contributed by atoms with Gasteiger partial charge in [0.25, 0.3) is 0 Å². The molecule has 2 aromatic heterocycles. The van der Waals surface area contributed by atoms with E-state index in [0.29, 0.717) is 68.9 Å². The van der Waals surface area contributed by atoms with Crippen molar-refractivity contribution in [3.05, 3.63) is 77.8 Å². The SMILES string of the molecule is O=C(CCC(NC(=S)Nc1cccc(Cl)c1)C(=O)N1CCN(c2nsc3ccccc23)CC1)N1CCN(c2nsc3ccccc23)CC1. The van der Waals surface area contributed by atoms with Crippen LogP contribution in [-0.2, 0) is 9.59 Å². The maximum atomic E-state index is 14.0. The van der Waals surface area contributed by atoms with Gasteiger partial charge in [-0.2, -0.15) is 8.75 Å². The summed E-state index contributed by atoms with van der Waals surface area (Å²) in [6.45, 7) is 5.11. The van der Waals surface area contributed by atoms with Gasteiger partial charge in [-0.05, 0) is 84.2 Å². The zero-order valence-corrected chi connectivity index (χ0v) is 29.4. The summed E-state index contributed by atoms with van der Waals surface area (Å²) >= 11 is 14.8. The molecule has 1 unspecified atom stereocenters. The lowest BCUT2D eigenvalue weighted by Gasteiger charge is -2.37. The fourth-order valence-corrected chi connectivity index (χ4v) is 8.34. The van der Waals surface area contributed by atoms with Crippen molar-refractivity contribution in [2.75, 3.05) is 67.5 Å². The standard InChI is InChI=1S/C34H35ClN8O2S3/c35-23-6-5-7-24(22-23)36-34(46)37-27(33(45)43-20-18-42(19-21-43)32-26-9-2-4-11-29(26)48-39-32)12-13-30(44)40-14-16-41(17-15-40)31-25-8-1-3-10-28(25)47-38-31/h1-11,22,27H,12-21H2,(H2,36,37,46). The number of piperazine rings is 2. The molecule has 0 bridgehead atoms. The van der Waals surface area contributed by atoms with Crippen LogP contribution in [0.25, 0.3) is 20.2 Å². The van der Waals surface area contributed by atoms with E-state index in [-0.39, 0.29) is 18.2 Å². The molecular weight excluding hydrogens is 684 g/mol. The molecule has 10 nitrogen and oxygen atoms in total. The third-order valence-electron chi connectivity index (χ3n) is 8.87. The number of rotatable bonds is 8. The van der Waals surface area contributed by atoms with Crippen molar-refractivity contribution in [3.8, 4) is 0 Å². The van der Waals surface area contributed by atoms with Crippen LogP contribution in [-0.4, -0.2) is 93.9 Å². The van der Waals surface area contributed by atoms with Gasteiger partial charge in [-0.25, -0.2) is 0 Å². The van der Waals surface area contributed by atoms with Gasteiger partial charge >= 0.3 is 0 Å². The highest BCUT2D eigenvalue weighted by molar-refractivity contribution is 7.80. The maximum Gasteiger partial charge on any atom is 0.245 e. The van der Waals surface area contributed by atoms with Crippen molar-refractivity contribution < 1.29 is 9.59 Å². The van der Waals surface area contributed by atoms with Crippen LogP contribution in [0.4, 0.5) is 17.3 Å². The molecule has 4 heterocycles. The smallest absolute Gasteiger partial charge is 0.245 e. The molecule has 2 amide bonds. The Balaban J connectivity index is 0.979. The Bertz CT molecular complexity index is 1930. The van der Waals surface area contributed by atoms with Gasteiger partial charge in [0, 0.05) is 80.3 Å². The molecule has 2 saturated heterocycles. The molecule has 0 spiro atoms. The topological polar surface area (TPSA) is 96.9 Å². The van der Waals surface area contributed by atoms with Gasteiger partial charge in [-0.3, -0.25) is 9.59 Å². The molecule has 48 heavy (non-hydrogen) atoms. The number of fused-ring (bicyclic) bond motifs is 2. The number of nitrogens with zero attached hydrogens (tertiary/aromatic N) is 6. The molecule has 2 aliphatic heterocycles. The molecule has 1 atom stereocenters. The number of anilines is 3. The van der Waals surface area contributed by atoms with Crippen molar-refractivity contribution in [1.82, 2.24) is 23.9 Å². The van der Waals surface area contributed by atoms with Gasteiger partial charge in [0.1, 0.15) is 17.7 Å². The third kappa shape index (κ3) is 7.19. The second kappa shape index (κ2) is 14.6. The van der Waals surface area contributed by atoms with Crippen LogP contribution in [0.15, 0.2) is 72.8 Å². The fraction of sp³-hybridized carbons (Fsp3) is 0.324. The lowest BCUT2D eigenvalue weighted by atomic mass is 10.1. The number of benzene rings is 3. The van der Waals surface area contributed by atoms with E-state index >= 15 is 0 Å². The lowest BCUT2D eigenvalue weighted by Crippen LogP contribution is -2.56. The number of hydrogen-bond donors (Lipinski definition) is 2. The Kier molecular flexibility index (Phi) is 9.89. The normalized spacial score (nSPS) is 15.9. The average Bonchev–Trinajstić information content (AvgIpc) is 3.75. The maximum absolute atomic E-state index is 14.0. The van der Waals surface area contributed by atoms with Crippen LogP contribution in [0, 0.1) is 0 Å². The monoisotopic (exact) mass is 718 g/mol. The fourth-order valence-electron chi connectivity index (χ4n) is 6.30. The first-order valence-corrected chi connectivity index (χ1v) is 18.3. The van der Waals surface area contributed by atoms with E-state index in [2.05, 4.69) is 49.1 Å². The summed E-state index contributed by atoms with van der Waals surface area (Å²) in [6, 6.07) is 23.0. The molecule has 0 saturated carbocycles. The predicted octanol–water partition coefficient (Wildman–Crippen LogP) is 5.69. The Morgan fingerprint density at radius 2 is 1.33 bits per heavy atom. The minimum Gasteiger partial charge on any atom is -0.352 e. The van der Waals surface area contributed by atoms with Gasteiger partial charge in [-0.15, -0.1) is 0 Å². The van der Waals surface area contributed by atoms with E-state index in [1.807, 2.05) is 46.2 Å². The van der Waals surface area contributed by atoms with Crippen LogP contribution in [0.1, 0.15) is 12.8 Å². The first-order valence-electron chi connectivity index (χ1n) is 16.0. The second-order valence-electron chi connectivity index (χ2n) is 11.9. The molecule has 5 aromatic rings. The van der Waals surface area contributed by atoms with Gasteiger partial charge in [-0.1, -0.05) is 41.9 Å². The van der Waals surface area contributed by atoms with Crippen molar-refractivity contribution in [1.29, 1.82) is 0 Å². The summed E-state index contributed by atoms with van der Waals surface area (Å²) < 4.78 is 11.7. The number of carbonyl (C=O) groups is 2. The Morgan fingerprint density at radius 3 is 1.92 bits per heavy atom. The van der Waals surface area contributed by atoms with Crippen LogP contribution in [0.5, 0.6) is 0 Å². The highest BCUT2D eigenvalue weighted by Gasteiger charge is 2.31. The summed E-state index contributed by atoms with van der Waals surface area (Å²) in [6.07, 6.45) is 0.552. The zero-order chi connectivity index (χ0) is 33.0. The molecule has 248 valence electrons. The van der Waals surface area contributed by atoms with Crippen LogP contribution < -0.4 is 20.4 Å². The summed E-state index contributed by atoms with van der Waals surface area (Å²) in [7, 11) is 0. The predicted molar refractivity (Wildman–Crippen MR) is 201 cm³/mol. The molecule has 2 aliphatic rings. The number of amides is 2. The molecule has 7 rings (SSSR count). The number of carbonyl (C=O) groups excluding carboxylic acids is 2. The second-order valence-corrected chi connectivity index (χ2v) is 14.3. The van der Waals surface area contributed by atoms with Crippen molar-refractivity contribution in [3.63, 3.8) is 0 Å². The highest BCUT2D eigenvalue weighted by atomic mass is 35.5. The van der Waals surface area contributed by atoms with Gasteiger partial charge in [0.2, 0.25) is 11.8 Å². The van der Waals surface area contributed by atoms with Crippen LogP contribution in [0.2, 0.25) is 5.02 Å². The number of hydrogen-bond acceptors (Lipinski definition) is 9. The zero-order valence-electron chi connectivity index (χ0n) is 26.2. The van der Waals surface area contributed by atoms with E-state index in [9.17, 15) is 9.59 Å². The van der Waals surface area contributed by atoms with E-state index in [4.69, 9.17) is 28.2 Å². The number of halogens is 1. The number of nitrogens with one attached hydrogen (secondary N) is 2. The minimum atomic E-state index is -0.664. The van der Waals surface area contributed by atoms with E-state index in [1.165, 1.54) is 23.1 Å². The molecule has 0 aliphatic carbocycles. The Labute approximate surface area is 297 Å². The van der Waals surface area contributed by atoms with Crippen LogP contribution >= 0.6 is 46.9 Å². The molecule has 2 N–H and O–H groups in total. The summed E-state index contributed by atoms with van der Waals surface area (Å²) in [4.78, 5) is 35.7.